The van der Waals surface area contributed by atoms with Crippen molar-refractivity contribution in [2.75, 3.05) is 19.6 Å². The van der Waals surface area contributed by atoms with E-state index in [0.29, 0.717) is 6.04 Å². The standard InChI is InChI=1S/C14H23N3S/c1-9-14(18-11(3)16-9)10(2)17-6-4-5-12-7-15-8-13(12)17/h10,12-13,15H,4-8H2,1-3H3. The lowest BCUT2D eigenvalue weighted by Gasteiger charge is -2.40. The van der Waals surface area contributed by atoms with Crippen LogP contribution in [0.15, 0.2) is 0 Å². The second-order valence-electron chi connectivity index (χ2n) is 5.72. The molecule has 2 fully saturated rings. The van der Waals surface area contributed by atoms with E-state index in [2.05, 4.69) is 36.0 Å². The normalized spacial score (nSPS) is 30.4. The predicted octanol–water partition coefficient (Wildman–Crippen LogP) is 2.50. The van der Waals surface area contributed by atoms with Crippen molar-refractivity contribution in [3.63, 3.8) is 0 Å². The zero-order chi connectivity index (χ0) is 12.7. The first-order valence-corrected chi connectivity index (χ1v) is 7.89. The average molecular weight is 265 g/mol. The Labute approximate surface area is 114 Å². The molecule has 3 unspecified atom stereocenters. The number of piperidine rings is 1. The first-order chi connectivity index (χ1) is 8.66. The van der Waals surface area contributed by atoms with Crippen LogP contribution in [0, 0.1) is 19.8 Å². The Bertz CT molecular complexity index is 429. The molecule has 3 rings (SSSR count). The van der Waals surface area contributed by atoms with Crippen LogP contribution in [0.25, 0.3) is 0 Å². The summed E-state index contributed by atoms with van der Waals surface area (Å²) in [7, 11) is 0. The SMILES string of the molecule is Cc1nc(C)c(C(C)N2CCCC3CNCC32)s1. The summed E-state index contributed by atoms with van der Waals surface area (Å²) in [5, 5.41) is 4.77. The van der Waals surface area contributed by atoms with Crippen molar-refractivity contribution >= 4 is 11.3 Å². The van der Waals surface area contributed by atoms with E-state index in [4.69, 9.17) is 0 Å². The Morgan fingerprint density at radius 2 is 2.22 bits per heavy atom. The van der Waals surface area contributed by atoms with Gasteiger partial charge in [0.2, 0.25) is 0 Å². The van der Waals surface area contributed by atoms with Crippen molar-refractivity contribution in [1.29, 1.82) is 0 Å². The van der Waals surface area contributed by atoms with Crippen LogP contribution in [0.5, 0.6) is 0 Å². The molecule has 2 saturated heterocycles. The Hall–Kier alpha value is -0.450. The van der Waals surface area contributed by atoms with E-state index in [0.717, 1.165) is 12.0 Å². The molecule has 2 aliphatic heterocycles. The summed E-state index contributed by atoms with van der Waals surface area (Å²) in [5.74, 6) is 0.871. The largest absolute Gasteiger partial charge is 0.315 e. The third-order valence-electron chi connectivity index (χ3n) is 4.54. The van der Waals surface area contributed by atoms with E-state index in [1.807, 2.05) is 11.3 Å². The number of aromatic nitrogens is 1. The highest BCUT2D eigenvalue weighted by Crippen LogP contribution is 2.36. The number of aryl methyl sites for hydroxylation is 2. The van der Waals surface area contributed by atoms with Crippen LogP contribution >= 0.6 is 11.3 Å². The third-order valence-corrected chi connectivity index (χ3v) is 5.78. The molecule has 2 aliphatic rings. The molecule has 1 aromatic rings. The second kappa shape index (κ2) is 4.91. The molecule has 3 heterocycles. The van der Waals surface area contributed by atoms with Gasteiger partial charge < -0.3 is 5.32 Å². The summed E-state index contributed by atoms with van der Waals surface area (Å²) >= 11 is 1.88. The van der Waals surface area contributed by atoms with E-state index < -0.39 is 0 Å². The molecule has 0 radical (unpaired) electrons. The smallest absolute Gasteiger partial charge is 0.0900 e. The fourth-order valence-electron chi connectivity index (χ4n) is 3.67. The van der Waals surface area contributed by atoms with Gasteiger partial charge in [0.1, 0.15) is 0 Å². The molecule has 4 heteroatoms. The second-order valence-corrected chi connectivity index (χ2v) is 6.96. The molecule has 18 heavy (non-hydrogen) atoms. The number of fused-ring (bicyclic) bond motifs is 1. The van der Waals surface area contributed by atoms with Gasteiger partial charge in [0.25, 0.3) is 0 Å². The molecule has 3 nitrogen and oxygen atoms in total. The van der Waals surface area contributed by atoms with Crippen LogP contribution in [-0.2, 0) is 0 Å². The maximum atomic E-state index is 4.59. The van der Waals surface area contributed by atoms with Crippen molar-refractivity contribution in [2.45, 2.75) is 45.7 Å². The number of nitrogens with zero attached hydrogens (tertiary/aromatic N) is 2. The lowest BCUT2D eigenvalue weighted by atomic mass is 9.90. The van der Waals surface area contributed by atoms with Crippen LogP contribution in [0.1, 0.15) is 41.4 Å². The quantitative estimate of drug-likeness (QED) is 0.890. The number of likely N-dealkylation sites (tertiary alicyclic amines) is 1. The summed E-state index contributed by atoms with van der Waals surface area (Å²) in [6.07, 6.45) is 2.76. The fourth-order valence-corrected chi connectivity index (χ4v) is 4.67. The highest BCUT2D eigenvalue weighted by molar-refractivity contribution is 7.11. The molecule has 0 bridgehead atoms. The Balaban J connectivity index is 1.83. The summed E-state index contributed by atoms with van der Waals surface area (Å²) in [4.78, 5) is 8.78. The van der Waals surface area contributed by atoms with Crippen LogP contribution in [0.3, 0.4) is 0 Å². The summed E-state index contributed by atoms with van der Waals surface area (Å²) in [5.41, 5.74) is 1.23. The summed E-state index contributed by atoms with van der Waals surface area (Å²) in [6.45, 7) is 10.3. The van der Waals surface area contributed by atoms with Gasteiger partial charge in [0.05, 0.1) is 10.7 Å². The molecule has 3 atom stereocenters. The molecule has 1 aromatic heterocycles. The Kier molecular flexibility index (Phi) is 3.43. The molecule has 0 spiro atoms. The minimum atomic E-state index is 0.531. The van der Waals surface area contributed by atoms with Gasteiger partial charge in [-0.05, 0) is 52.6 Å². The van der Waals surface area contributed by atoms with Crippen molar-refractivity contribution in [3.8, 4) is 0 Å². The number of hydrogen-bond acceptors (Lipinski definition) is 4. The lowest BCUT2D eigenvalue weighted by Crippen LogP contribution is -2.46. The number of thiazole rings is 1. The van der Waals surface area contributed by atoms with Crippen LogP contribution in [0.2, 0.25) is 0 Å². The zero-order valence-corrected chi connectivity index (χ0v) is 12.4. The summed E-state index contributed by atoms with van der Waals surface area (Å²) in [6, 6.07) is 1.28. The molecule has 1 N–H and O–H groups in total. The van der Waals surface area contributed by atoms with Gasteiger partial charge in [0.15, 0.2) is 0 Å². The first kappa shape index (κ1) is 12.6. The van der Waals surface area contributed by atoms with Gasteiger partial charge in [0, 0.05) is 23.5 Å². The van der Waals surface area contributed by atoms with E-state index >= 15 is 0 Å². The molecule has 0 aliphatic carbocycles. The van der Waals surface area contributed by atoms with Crippen molar-refractivity contribution in [1.82, 2.24) is 15.2 Å². The monoisotopic (exact) mass is 265 g/mol. The molecular weight excluding hydrogens is 242 g/mol. The van der Waals surface area contributed by atoms with Crippen LogP contribution in [0.4, 0.5) is 0 Å². The maximum Gasteiger partial charge on any atom is 0.0900 e. The molecule has 0 amide bonds. The van der Waals surface area contributed by atoms with E-state index in [9.17, 15) is 0 Å². The molecular formula is C14H23N3S. The van der Waals surface area contributed by atoms with Gasteiger partial charge in [-0.2, -0.15) is 0 Å². The van der Waals surface area contributed by atoms with Gasteiger partial charge >= 0.3 is 0 Å². The van der Waals surface area contributed by atoms with Crippen molar-refractivity contribution in [2.24, 2.45) is 5.92 Å². The van der Waals surface area contributed by atoms with Crippen LogP contribution in [-0.4, -0.2) is 35.6 Å². The minimum absolute atomic E-state index is 0.531. The van der Waals surface area contributed by atoms with Crippen LogP contribution < -0.4 is 5.32 Å². The molecule has 0 aromatic carbocycles. The topological polar surface area (TPSA) is 28.2 Å². The maximum absolute atomic E-state index is 4.59. The average Bonchev–Trinajstić information content (AvgIpc) is 2.94. The van der Waals surface area contributed by atoms with Crippen molar-refractivity contribution < 1.29 is 0 Å². The highest BCUT2D eigenvalue weighted by atomic mass is 32.1. The van der Waals surface area contributed by atoms with Crippen molar-refractivity contribution in [3.05, 3.63) is 15.6 Å². The Morgan fingerprint density at radius 1 is 1.39 bits per heavy atom. The zero-order valence-electron chi connectivity index (χ0n) is 11.6. The molecule has 0 saturated carbocycles. The van der Waals surface area contributed by atoms with E-state index in [-0.39, 0.29) is 0 Å². The van der Waals surface area contributed by atoms with Gasteiger partial charge in [-0.15, -0.1) is 11.3 Å². The van der Waals surface area contributed by atoms with E-state index in [1.165, 1.54) is 48.1 Å². The number of hydrogen-bond donors (Lipinski definition) is 1. The lowest BCUT2D eigenvalue weighted by molar-refractivity contribution is 0.0859. The fraction of sp³-hybridized carbons (Fsp3) is 0.786. The van der Waals surface area contributed by atoms with Gasteiger partial charge in [-0.3, -0.25) is 4.90 Å². The van der Waals surface area contributed by atoms with Gasteiger partial charge in [-0.25, -0.2) is 4.98 Å². The van der Waals surface area contributed by atoms with E-state index in [1.54, 1.807) is 0 Å². The first-order valence-electron chi connectivity index (χ1n) is 7.07. The Morgan fingerprint density at radius 3 is 2.94 bits per heavy atom. The summed E-state index contributed by atoms with van der Waals surface area (Å²) < 4.78 is 0. The van der Waals surface area contributed by atoms with Gasteiger partial charge in [-0.1, -0.05) is 0 Å². The molecule has 100 valence electrons. The number of rotatable bonds is 2. The number of nitrogens with one attached hydrogen (secondary N) is 1. The highest BCUT2D eigenvalue weighted by Gasteiger charge is 2.37. The third kappa shape index (κ3) is 2.10. The minimum Gasteiger partial charge on any atom is -0.315 e. The predicted molar refractivity (Wildman–Crippen MR) is 76.1 cm³/mol.